The van der Waals surface area contributed by atoms with Crippen LogP contribution in [0.4, 0.5) is 4.39 Å². The van der Waals surface area contributed by atoms with Crippen LogP contribution in [0.5, 0.6) is 0 Å². The standard InChI is InChI=1S/C21H36FN3O2S.HI/c1-4-6-7-8-9-10-11-14-24-21(23-5-2)25-16-19-15-20(22)13-12-18(19)17-28(3,26)27;/h12-13,15H,4-11,14,16-17H2,1-3H3,(H2,23,24,25);1H. The molecule has 2 N–H and O–H groups in total. The van der Waals surface area contributed by atoms with Crippen molar-refractivity contribution in [2.75, 3.05) is 19.3 Å². The van der Waals surface area contributed by atoms with Crippen molar-refractivity contribution in [3.63, 3.8) is 0 Å². The van der Waals surface area contributed by atoms with E-state index in [9.17, 15) is 12.8 Å². The summed E-state index contributed by atoms with van der Waals surface area (Å²) in [5.41, 5.74) is 1.19. The third kappa shape index (κ3) is 13.9. The van der Waals surface area contributed by atoms with Gasteiger partial charge in [-0.3, -0.25) is 0 Å². The van der Waals surface area contributed by atoms with Crippen molar-refractivity contribution in [2.45, 2.75) is 71.1 Å². The summed E-state index contributed by atoms with van der Waals surface area (Å²) in [6.07, 6.45) is 9.90. The van der Waals surface area contributed by atoms with E-state index in [1.807, 2.05) is 6.92 Å². The van der Waals surface area contributed by atoms with E-state index in [1.54, 1.807) is 0 Å². The Morgan fingerprint density at radius 1 is 1.00 bits per heavy atom. The number of hydrogen-bond donors (Lipinski definition) is 2. The molecule has 29 heavy (non-hydrogen) atoms. The van der Waals surface area contributed by atoms with Gasteiger partial charge in [-0.05, 0) is 36.6 Å². The fraction of sp³-hybridized carbons (Fsp3) is 0.667. The smallest absolute Gasteiger partial charge is 0.191 e. The summed E-state index contributed by atoms with van der Waals surface area (Å²) in [6, 6.07) is 4.18. The number of hydrogen-bond acceptors (Lipinski definition) is 3. The second kappa shape index (κ2) is 15.9. The predicted octanol–water partition coefficient (Wildman–Crippen LogP) is 4.79. The highest BCUT2D eigenvalue weighted by Gasteiger charge is 2.10. The fourth-order valence-electron chi connectivity index (χ4n) is 2.96. The predicted molar refractivity (Wildman–Crippen MR) is 131 cm³/mol. The molecule has 168 valence electrons. The number of nitrogens with one attached hydrogen (secondary N) is 2. The molecule has 0 aromatic heterocycles. The molecular formula is C21H37FIN3O2S. The first-order valence-electron chi connectivity index (χ1n) is 10.3. The van der Waals surface area contributed by atoms with Gasteiger partial charge in [-0.25, -0.2) is 17.8 Å². The first kappa shape index (κ1) is 28.1. The van der Waals surface area contributed by atoms with Crippen LogP contribution >= 0.6 is 24.0 Å². The van der Waals surface area contributed by atoms with Crippen LogP contribution in [0, 0.1) is 5.82 Å². The Morgan fingerprint density at radius 3 is 2.28 bits per heavy atom. The molecule has 0 fully saturated rings. The van der Waals surface area contributed by atoms with Crippen molar-refractivity contribution in [3.8, 4) is 0 Å². The Morgan fingerprint density at radius 2 is 1.66 bits per heavy atom. The monoisotopic (exact) mass is 541 g/mol. The number of guanidine groups is 1. The first-order valence-corrected chi connectivity index (χ1v) is 12.4. The molecule has 0 unspecified atom stereocenters. The maximum atomic E-state index is 13.6. The van der Waals surface area contributed by atoms with E-state index < -0.39 is 9.84 Å². The largest absolute Gasteiger partial charge is 0.357 e. The Kier molecular flexibility index (Phi) is 15.4. The number of rotatable bonds is 13. The Labute approximate surface area is 193 Å². The molecule has 0 aliphatic rings. The second-order valence-corrected chi connectivity index (χ2v) is 9.37. The molecule has 1 aromatic carbocycles. The van der Waals surface area contributed by atoms with E-state index in [0.29, 0.717) is 17.1 Å². The summed E-state index contributed by atoms with van der Waals surface area (Å²) < 4.78 is 36.8. The van der Waals surface area contributed by atoms with Crippen LogP contribution in [0.2, 0.25) is 0 Å². The van der Waals surface area contributed by atoms with E-state index in [-0.39, 0.29) is 42.1 Å². The summed E-state index contributed by atoms with van der Waals surface area (Å²) >= 11 is 0. The quantitative estimate of drug-likeness (QED) is 0.163. The highest BCUT2D eigenvalue weighted by Crippen LogP contribution is 2.15. The van der Waals surface area contributed by atoms with Gasteiger partial charge in [-0.1, -0.05) is 51.5 Å². The minimum atomic E-state index is -3.19. The highest BCUT2D eigenvalue weighted by atomic mass is 127. The van der Waals surface area contributed by atoms with Crippen molar-refractivity contribution < 1.29 is 12.8 Å². The fourth-order valence-corrected chi connectivity index (χ4v) is 3.81. The van der Waals surface area contributed by atoms with Crippen LogP contribution in [0.3, 0.4) is 0 Å². The van der Waals surface area contributed by atoms with Gasteiger partial charge in [0.2, 0.25) is 0 Å². The molecule has 0 aliphatic carbocycles. The SMILES string of the molecule is CCCCCCCCCNC(=NCc1cc(F)ccc1CS(C)(=O)=O)NCC.I. The Balaban J connectivity index is 0.00000784. The van der Waals surface area contributed by atoms with Gasteiger partial charge in [0.25, 0.3) is 0 Å². The molecule has 0 saturated heterocycles. The minimum absolute atomic E-state index is 0. The third-order valence-electron chi connectivity index (χ3n) is 4.41. The van der Waals surface area contributed by atoms with Gasteiger partial charge < -0.3 is 10.6 Å². The second-order valence-electron chi connectivity index (χ2n) is 7.23. The maximum Gasteiger partial charge on any atom is 0.191 e. The van der Waals surface area contributed by atoms with E-state index in [2.05, 4.69) is 22.5 Å². The summed E-state index contributed by atoms with van der Waals surface area (Å²) in [6.45, 7) is 6.00. The van der Waals surface area contributed by atoms with Crippen molar-refractivity contribution >= 4 is 39.8 Å². The lowest BCUT2D eigenvalue weighted by atomic mass is 10.1. The van der Waals surface area contributed by atoms with E-state index >= 15 is 0 Å². The molecule has 8 heteroatoms. The number of nitrogens with zero attached hydrogens (tertiary/aromatic N) is 1. The molecule has 5 nitrogen and oxygen atoms in total. The van der Waals surface area contributed by atoms with Crippen LogP contribution < -0.4 is 10.6 Å². The Bertz CT molecular complexity index is 712. The van der Waals surface area contributed by atoms with Gasteiger partial charge >= 0.3 is 0 Å². The van der Waals surface area contributed by atoms with E-state index in [0.717, 1.165) is 19.5 Å². The molecule has 0 aliphatic heterocycles. The lowest BCUT2D eigenvalue weighted by Crippen LogP contribution is -2.37. The normalized spacial score (nSPS) is 11.8. The zero-order valence-electron chi connectivity index (χ0n) is 18.0. The van der Waals surface area contributed by atoms with Gasteiger partial charge in [0.1, 0.15) is 5.82 Å². The zero-order chi connectivity index (χ0) is 20.8. The topological polar surface area (TPSA) is 70.6 Å². The molecular weight excluding hydrogens is 504 g/mol. The molecule has 0 atom stereocenters. The molecule has 0 amide bonds. The Hall–Kier alpha value is -0.900. The van der Waals surface area contributed by atoms with Crippen LogP contribution in [0.15, 0.2) is 23.2 Å². The molecule has 0 saturated carbocycles. The lowest BCUT2D eigenvalue weighted by Gasteiger charge is -2.12. The maximum absolute atomic E-state index is 13.6. The number of halogens is 2. The third-order valence-corrected chi connectivity index (χ3v) is 5.25. The number of sulfone groups is 1. The summed E-state index contributed by atoms with van der Waals surface area (Å²) in [7, 11) is -3.19. The number of aliphatic imine (C=N–C) groups is 1. The van der Waals surface area contributed by atoms with Crippen LogP contribution in [0.25, 0.3) is 0 Å². The number of unbranched alkanes of at least 4 members (excludes halogenated alkanes) is 6. The molecule has 1 rings (SSSR count). The van der Waals surface area contributed by atoms with E-state index in [4.69, 9.17) is 0 Å². The van der Waals surface area contributed by atoms with Crippen LogP contribution in [-0.2, 0) is 22.1 Å². The lowest BCUT2D eigenvalue weighted by molar-refractivity contribution is 0.583. The molecule has 0 radical (unpaired) electrons. The van der Waals surface area contributed by atoms with Crippen molar-refractivity contribution in [1.82, 2.24) is 10.6 Å². The average molecular weight is 542 g/mol. The van der Waals surface area contributed by atoms with Crippen molar-refractivity contribution in [2.24, 2.45) is 4.99 Å². The van der Waals surface area contributed by atoms with E-state index in [1.165, 1.54) is 63.0 Å². The van der Waals surface area contributed by atoms with Gasteiger partial charge in [-0.2, -0.15) is 0 Å². The van der Waals surface area contributed by atoms with Crippen LogP contribution in [0.1, 0.15) is 69.9 Å². The molecule has 0 heterocycles. The van der Waals surface area contributed by atoms with Gasteiger partial charge in [0.15, 0.2) is 15.8 Å². The molecule has 0 bridgehead atoms. The van der Waals surface area contributed by atoms with Gasteiger partial charge in [-0.15, -0.1) is 24.0 Å². The molecule has 1 aromatic rings. The van der Waals surface area contributed by atoms with Crippen molar-refractivity contribution in [1.29, 1.82) is 0 Å². The molecule has 0 spiro atoms. The summed E-state index contributed by atoms with van der Waals surface area (Å²) in [5.74, 6) is 0.173. The number of benzene rings is 1. The van der Waals surface area contributed by atoms with Gasteiger partial charge in [0, 0.05) is 19.3 Å². The minimum Gasteiger partial charge on any atom is -0.357 e. The van der Waals surface area contributed by atoms with Crippen LogP contribution in [-0.4, -0.2) is 33.7 Å². The first-order chi connectivity index (χ1) is 13.4. The highest BCUT2D eigenvalue weighted by molar-refractivity contribution is 14.0. The average Bonchev–Trinajstić information content (AvgIpc) is 2.62. The van der Waals surface area contributed by atoms with Crippen molar-refractivity contribution in [3.05, 3.63) is 35.1 Å². The zero-order valence-corrected chi connectivity index (χ0v) is 21.1. The van der Waals surface area contributed by atoms with Gasteiger partial charge in [0.05, 0.1) is 12.3 Å². The summed E-state index contributed by atoms with van der Waals surface area (Å²) in [5, 5.41) is 6.48. The summed E-state index contributed by atoms with van der Waals surface area (Å²) in [4.78, 5) is 4.51.